The van der Waals surface area contributed by atoms with Gasteiger partial charge >= 0.3 is 0 Å². The van der Waals surface area contributed by atoms with E-state index in [9.17, 15) is 0 Å². The average Bonchev–Trinajstić information content (AvgIpc) is 2.78. The molecule has 0 bridgehead atoms. The van der Waals surface area contributed by atoms with E-state index in [4.69, 9.17) is 0 Å². The molecule has 0 spiro atoms. The van der Waals surface area contributed by atoms with Crippen LogP contribution in [0.4, 0.5) is 0 Å². The Bertz CT molecular complexity index is 848. The molecule has 0 aliphatic heterocycles. The van der Waals surface area contributed by atoms with Gasteiger partial charge in [-0.25, -0.2) is 9.97 Å². The third-order valence-corrected chi connectivity index (χ3v) is 2.95. The molecule has 3 heterocycles. The molecule has 80 valence electrons. The average molecular weight is 220 g/mol. The highest BCUT2D eigenvalue weighted by Crippen LogP contribution is 2.21. The van der Waals surface area contributed by atoms with Crippen molar-refractivity contribution in [1.82, 2.24) is 19.4 Å². The molecule has 0 unspecified atom stereocenters. The zero-order chi connectivity index (χ0) is 11.2. The predicted molar refractivity (Wildman–Crippen MR) is 65.8 cm³/mol. The van der Waals surface area contributed by atoms with Crippen molar-refractivity contribution in [3.8, 4) is 0 Å². The van der Waals surface area contributed by atoms with E-state index in [1.54, 1.807) is 12.4 Å². The first-order chi connectivity index (χ1) is 8.43. The van der Waals surface area contributed by atoms with Crippen molar-refractivity contribution >= 4 is 27.6 Å². The quantitative estimate of drug-likeness (QED) is 0.457. The summed E-state index contributed by atoms with van der Waals surface area (Å²) in [5.41, 5.74) is 3.82. The smallest absolute Gasteiger partial charge is 0.148 e. The van der Waals surface area contributed by atoms with Gasteiger partial charge in [0.1, 0.15) is 17.5 Å². The van der Waals surface area contributed by atoms with Crippen molar-refractivity contribution in [2.24, 2.45) is 0 Å². The van der Waals surface area contributed by atoms with Gasteiger partial charge in [-0.2, -0.15) is 0 Å². The Morgan fingerprint density at radius 2 is 1.94 bits per heavy atom. The van der Waals surface area contributed by atoms with E-state index < -0.39 is 0 Å². The lowest BCUT2D eigenvalue weighted by molar-refractivity contribution is 1.15. The van der Waals surface area contributed by atoms with Gasteiger partial charge in [0.05, 0.1) is 17.2 Å². The molecule has 0 radical (unpaired) electrons. The molecule has 3 aromatic heterocycles. The van der Waals surface area contributed by atoms with Crippen molar-refractivity contribution in [3.63, 3.8) is 0 Å². The number of benzene rings is 1. The number of rotatable bonds is 0. The number of nitrogens with zero attached hydrogens (tertiary/aromatic N) is 4. The van der Waals surface area contributed by atoms with E-state index in [1.165, 1.54) is 0 Å². The molecule has 0 fully saturated rings. The van der Waals surface area contributed by atoms with Crippen LogP contribution < -0.4 is 0 Å². The molecule has 1 aromatic carbocycles. The SMILES string of the molecule is c1ccc2c(c1)ncn1c3ccncc3nc21. The summed E-state index contributed by atoms with van der Waals surface area (Å²) in [6.07, 6.45) is 5.36. The normalized spacial score (nSPS) is 11.5. The zero-order valence-corrected chi connectivity index (χ0v) is 8.91. The van der Waals surface area contributed by atoms with Gasteiger partial charge in [-0.3, -0.25) is 9.38 Å². The first-order valence-corrected chi connectivity index (χ1v) is 5.39. The van der Waals surface area contributed by atoms with Crippen molar-refractivity contribution in [2.75, 3.05) is 0 Å². The molecule has 0 aliphatic carbocycles. The Labute approximate surface area is 96.6 Å². The van der Waals surface area contributed by atoms with Crippen LogP contribution in [0.5, 0.6) is 0 Å². The summed E-state index contributed by atoms with van der Waals surface area (Å²) in [5, 5.41) is 1.06. The van der Waals surface area contributed by atoms with E-state index in [1.807, 2.05) is 41.1 Å². The fourth-order valence-electron chi connectivity index (χ4n) is 2.15. The number of para-hydroxylation sites is 1. The second-order valence-corrected chi connectivity index (χ2v) is 3.93. The third-order valence-electron chi connectivity index (χ3n) is 2.95. The third kappa shape index (κ3) is 1.09. The molecule has 0 N–H and O–H groups in total. The largest absolute Gasteiger partial charge is 0.282 e. The Morgan fingerprint density at radius 3 is 2.94 bits per heavy atom. The van der Waals surface area contributed by atoms with E-state index in [0.717, 1.165) is 27.6 Å². The summed E-state index contributed by atoms with van der Waals surface area (Å²) < 4.78 is 2.00. The summed E-state index contributed by atoms with van der Waals surface area (Å²) in [5.74, 6) is 0. The monoisotopic (exact) mass is 220 g/mol. The maximum absolute atomic E-state index is 4.60. The Hall–Kier alpha value is -2.49. The van der Waals surface area contributed by atoms with Gasteiger partial charge in [-0.1, -0.05) is 12.1 Å². The fraction of sp³-hybridized carbons (Fsp3) is 0. The molecule has 0 saturated carbocycles. The first kappa shape index (κ1) is 8.64. The second-order valence-electron chi connectivity index (χ2n) is 3.93. The van der Waals surface area contributed by atoms with Crippen molar-refractivity contribution in [1.29, 1.82) is 0 Å². The van der Waals surface area contributed by atoms with Crippen LogP contribution in [0, 0.1) is 0 Å². The summed E-state index contributed by atoms with van der Waals surface area (Å²) >= 11 is 0. The molecular formula is C13H8N4. The molecule has 4 rings (SSSR count). The van der Waals surface area contributed by atoms with Crippen LogP contribution in [0.2, 0.25) is 0 Å². The molecule has 4 nitrogen and oxygen atoms in total. The van der Waals surface area contributed by atoms with Gasteiger partial charge in [-0.15, -0.1) is 0 Å². The lowest BCUT2D eigenvalue weighted by Gasteiger charge is -1.99. The van der Waals surface area contributed by atoms with Crippen molar-refractivity contribution in [2.45, 2.75) is 0 Å². The van der Waals surface area contributed by atoms with Gasteiger partial charge in [-0.05, 0) is 18.2 Å². The van der Waals surface area contributed by atoms with Crippen LogP contribution in [-0.2, 0) is 0 Å². The van der Waals surface area contributed by atoms with E-state index in [-0.39, 0.29) is 0 Å². The molecule has 4 aromatic rings. The fourth-order valence-corrected chi connectivity index (χ4v) is 2.15. The number of aromatic nitrogens is 4. The van der Waals surface area contributed by atoms with Crippen LogP contribution in [0.15, 0.2) is 49.1 Å². The van der Waals surface area contributed by atoms with Crippen molar-refractivity contribution < 1.29 is 0 Å². The Balaban J connectivity index is 2.34. The van der Waals surface area contributed by atoms with Crippen LogP contribution in [0.25, 0.3) is 27.6 Å². The second kappa shape index (κ2) is 3.01. The van der Waals surface area contributed by atoms with Gasteiger partial charge < -0.3 is 0 Å². The molecule has 0 saturated heterocycles. The van der Waals surface area contributed by atoms with Crippen molar-refractivity contribution in [3.05, 3.63) is 49.1 Å². The van der Waals surface area contributed by atoms with Gasteiger partial charge in [0, 0.05) is 11.6 Å². The summed E-state index contributed by atoms with van der Waals surface area (Å²) in [6, 6.07) is 9.97. The number of imidazole rings is 1. The molecule has 0 atom stereocenters. The maximum atomic E-state index is 4.60. The minimum atomic E-state index is 0.894. The number of pyridine rings is 1. The lowest BCUT2D eigenvalue weighted by Crippen LogP contribution is -1.88. The minimum absolute atomic E-state index is 0.894. The molecule has 17 heavy (non-hydrogen) atoms. The number of hydrogen-bond donors (Lipinski definition) is 0. The highest BCUT2D eigenvalue weighted by Gasteiger charge is 2.07. The van der Waals surface area contributed by atoms with E-state index in [2.05, 4.69) is 15.0 Å². The van der Waals surface area contributed by atoms with Crippen LogP contribution in [0.3, 0.4) is 0 Å². The number of hydrogen-bond acceptors (Lipinski definition) is 3. The summed E-state index contributed by atoms with van der Waals surface area (Å²) in [6.45, 7) is 0. The van der Waals surface area contributed by atoms with Crippen LogP contribution >= 0.6 is 0 Å². The van der Waals surface area contributed by atoms with Gasteiger partial charge in [0.2, 0.25) is 0 Å². The van der Waals surface area contributed by atoms with Gasteiger partial charge in [0.15, 0.2) is 0 Å². The predicted octanol–water partition coefficient (Wildman–Crippen LogP) is 2.43. The molecule has 4 heteroatoms. The summed E-state index contributed by atoms with van der Waals surface area (Å²) in [4.78, 5) is 13.1. The standard InChI is InChI=1S/C13H8N4/c1-2-4-10-9(3-1)13-16-11-7-14-6-5-12(11)17(13)8-15-10/h1-8H. The number of fused-ring (bicyclic) bond motifs is 5. The highest BCUT2D eigenvalue weighted by molar-refractivity contribution is 5.95. The molecule has 0 amide bonds. The van der Waals surface area contributed by atoms with Crippen LogP contribution in [0.1, 0.15) is 0 Å². The maximum Gasteiger partial charge on any atom is 0.148 e. The molecule has 0 aliphatic rings. The van der Waals surface area contributed by atoms with E-state index in [0.29, 0.717) is 0 Å². The summed E-state index contributed by atoms with van der Waals surface area (Å²) in [7, 11) is 0. The zero-order valence-electron chi connectivity index (χ0n) is 8.91. The van der Waals surface area contributed by atoms with E-state index >= 15 is 0 Å². The van der Waals surface area contributed by atoms with Gasteiger partial charge in [0.25, 0.3) is 0 Å². The highest BCUT2D eigenvalue weighted by atomic mass is 15.1. The Morgan fingerprint density at radius 1 is 1.00 bits per heavy atom. The first-order valence-electron chi connectivity index (χ1n) is 5.39. The lowest BCUT2D eigenvalue weighted by atomic mass is 10.2. The minimum Gasteiger partial charge on any atom is -0.282 e. The topological polar surface area (TPSA) is 43.1 Å². The Kier molecular flexibility index (Phi) is 1.53. The molecular weight excluding hydrogens is 212 g/mol. The van der Waals surface area contributed by atoms with Crippen LogP contribution in [-0.4, -0.2) is 19.4 Å².